The molecule has 0 aromatic heterocycles. The summed E-state index contributed by atoms with van der Waals surface area (Å²) in [4.78, 5) is 25.5. The molecule has 0 heterocycles. The summed E-state index contributed by atoms with van der Waals surface area (Å²) >= 11 is 1.37. The zero-order valence-electron chi connectivity index (χ0n) is 18.9. The molecule has 3 aromatic carbocycles. The van der Waals surface area contributed by atoms with Crippen LogP contribution in [0.15, 0.2) is 76.5 Å². The molecule has 2 amide bonds. The molecule has 0 aliphatic carbocycles. The predicted molar refractivity (Wildman–Crippen MR) is 132 cm³/mol. The van der Waals surface area contributed by atoms with Crippen LogP contribution in [0.2, 0.25) is 0 Å². The Balaban J connectivity index is 1.61. The summed E-state index contributed by atoms with van der Waals surface area (Å²) in [6.45, 7) is 3.94. The van der Waals surface area contributed by atoms with Crippen molar-refractivity contribution in [3.63, 3.8) is 0 Å². The number of ether oxygens (including phenoxy) is 1. The Morgan fingerprint density at radius 3 is 2.47 bits per heavy atom. The Morgan fingerprint density at radius 1 is 0.941 bits per heavy atom. The van der Waals surface area contributed by atoms with Gasteiger partial charge in [-0.05, 0) is 55.8 Å². The van der Waals surface area contributed by atoms with Gasteiger partial charge in [-0.1, -0.05) is 35.9 Å². The molecule has 8 nitrogen and oxygen atoms in total. The summed E-state index contributed by atoms with van der Waals surface area (Å²) in [7, 11) is -2.54. The van der Waals surface area contributed by atoms with Crippen LogP contribution in [0.5, 0.6) is 5.75 Å². The van der Waals surface area contributed by atoms with Crippen LogP contribution >= 0.6 is 11.8 Å². The lowest BCUT2D eigenvalue weighted by Crippen LogP contribution is -2.42. The van der Waals surface area contributed by atoms with Crippen LogP contribution in [0.4, 0.5) is 5.69 Å². The maximum Gasteiger partial charge on any atom is 0.269 e. The maximum absolute atomic E-state index is 12.8. The largest absolute Gasteiger partial charge is 0.495 e. The quantitative estimate of drug-likeness (QED) is 0.322. The van der Waals surface area contributed by atoms with Gasteiger partial charge in [-0.25, -0.2) is 8.42 Å². The van der Waals surface area contributed by atoms with E-state index in [4.69, 9.17) is 4.74 Å². The van der Waals surface area contributed by atoms with E-state index in [0.29, 0.717) is 5.75 Å². The molecule has 0 fully saturated rings. The first-order valence-electron chi connectivity index (χ1n) is 10.2. The van der Waals surface area contributed by atoms with E-state index in [2.05, 4.69) is 15.6 Å². The smallest absolute Gasteiger partial charge is 0.269 e. The average Bonchev–Trinajstić information content (AvgIpc) is 2.83. The number of carbonyl (C=O) groups is 2. The molecule has 0 aliphatic rings. The van der Waals surface area contributed by atoms with E-state index in [1.165, 1.54) is 43.1 Å². The molecule has 34 heavy (non-hydrogen) atoms. The van der Waals surface area contributed by atoms with Crippen LogP contribution in [-0.4, -0.2) is 33.1 Å². The van der Waals surface area contributed by atoms with E-state index < -0.39 is 15.9 Å². The van der Waals surface area contributed by atoms with E-state index in [1.807, 2.05) is 32.0 Å². The van der Waals surface area contributed by atoms with Gasteiger partial charge < -0.3 is 4.74 Å². The number of hydrogen-bond donors (Lipinski definition) is 3. The molecule has 0 saturated carbocycles. The minimum atomic E-state index is -3.98. The van der Waals surface area contributed by atoms with Crippen molar-refractivity contribution in [3.8, 4) is 5.75 Å². The second kappa shape index (κ2) is 11.1. The van der Waals surface area contributed by atoms with Crippen molar-refractivity contribution in [1.29, 1.82) is 0 Å². The second-order valence-electron chi connectivity index (χ2n) is 7.39. The van der Waals surface area contributed by atoms with Crippen LogP contribution in [0.1, 0.15) is 21.5 Å². The molecule has 0 saturated heterocycles. The van der Waals surface area contributed by atoms with E-state index in [0.717, 1.165) is 16.0 Å². The van der Waals surface area contributed by atoms with Gasteiger partial charge in [0.1, 0.15) is 5.75 Å². The molecule has 0 spiro atoms. The molecule has 178 valence electrons. The van der Waals surface area contributed by atoms with Crippen molar-refractivity contribution in [1.82, 2.24) is 10.9 Å². The third-order valence-electron chi connectivity index (χ3n) is 4.78. The topological polar surface area (TPSA) is 114 Å². The second-order valence-corrected chi connectivity index (χ2v) is 10.1. The summed E-state index contributed by atoms with van der Waals surface area (Å²) in [6, 6.07) is 18.1. The molecule has 0 aliphatic heterocycles. The van der Waals surface area contributed by atoms with Crippen molar-refractivity contribution >= 4 is 39.3 Å². The number of anilines is 1. The summed E-state index contributed by atoms with van der Waals surface area (Å²) < 4.78 is 33.2. The van der Waals surface area contributed by atoms with Crippen LogP contribution < -0.4 is 20.3 Å². The van der Waals surface area contributed by atoms with Gasteiger partial charge in [0, 0.05) is 10.5 Å². The summed E-state index contributed by atoms with van der Waals surface area (Å²) in [5.74, 6) is -0.552. The Hall–Kier alpha value is -3.50. The van der Waals surface area contributed by atoms with E-state index >= 15 is 0 Å². The number of thioether (sulfide) groups is 1. The van der Waals surface area contributed by atoms with Gasteiger partial charge in [-0.15, -0.1) is 11.8 Å². The number of hydrazine groups is 1. The summed E-state index contributed by atoms with van der Waals surface area (Å²) in [5.41, 5.74) is 7.18. The lowest BCUT2D eigenvalue weighted by molar-refractivity contribution is -0.119. The maximum atomic E-state index is 12.8. The van der Waals surface area contributed by atoms with Crippen LogP contribution in [-0.2, 0) is 14.8 Å². The standard InChI is InChI=1S/C24H25N3O5S2/c1-16-11-12-17(2)22(13-16)33-15-23(28)25-26-24(29)18-7-6-8-19(14-18)34(30,31)27-20-9-4-5-10-21(20)32-3/h4-14,27H,15H2,1-3H3,(H,25,28)(H,26,29). The third-order valence-corrected chi connectivity index (χ3v) is 7.30. The van der Waals surface area contributed by atoms with Crippen molar-refractivity contribution in [2.45, 2.75) is 23.6 Å². The Bertz CT molecular complexity index is 1310. The molecule has 3 aromatic rings. The first-order chi connectivity index (χ1) is 16.2. The molecular weight excluding hydrogens is 474 g/mol. The fourth-order valence-electron chi connectivity index (χ4n) is 2.98. The van der Waals surface area contributed by atoms with Gasteiger partial charge in [0.25, 0.3) is 15.9 Å². The SMILES string of the molecule is COc1ccccc1NS(=O)(=O)c1cccc(C(=O)NNC(=O)CSc2cc(C)ccc2C)c1. The summed E-state index contributed by atoms with van der Waals surface area (Å²) in [5, 5.41) is 0. The van der Waals surface area contributed by atoms with Crippen LogP contribution in [0.25, 0.3) is 0 Å². The monoisotopic (exact) mass is 499 g/mol. The Kier molecular flexibility index (Phi) is 8.19. The summed E-state index contributed by atoms with van der Waals surface area (Å²) in [6.07, 6.45) is 0. The third kappa shape index (κ3) is 6.52. The van der Waals surface area contributed by atoms with Gasteiger partial charge in [0.15, 0.2) is 0 Å². The normalized spacial score (nSPS) is 10.9. The predicted octanol–water partition coefficient (Wildman–Crippen LogP) is 3.67. The number of hydrogen-bond acceptors (Lipinski definition) is 6. The van der Waals surface area contributed by atoms with Gasteiger partial charge in [-0.3, -0.25) is 25.2 Å². The Morgan fingerprint density at radius 2 is 1.71 bits per heavy atom. The molecule has 0 unspecified atom stereocenters. The highest BCUT2D eigenvalue weighted by molar-refractivity contribution is 8.00. The minimum Gasteiger partial charge on any atom is -0.495 e. The van der Waals surface area contributed by atoms with Crippen LogP contribution in [0, 0.1) is 13.8 Å². The molecular formula is C24H25N3O5S2. The number of benzene rings is 3. The Labute approximate surface area is 203 Å². The van der Waals surface area contributed by atoms with Crippen LogP contribution in [0.3, 0.4) is 0 Å². The lowest BCUT2D eigenvalue weighted by Gasteiger charge is -2.12. The number of sulfonamides is 1. The highest BCUT2D eigenvalue weighted by Crippen LogP contribution is 2.26. The van der Waals surface area contributed by atoms with Gasteiger partial charge >= 0.3 is 0 Å². The van der Waals surface area contributed by atoms with E-state index in [9.17, 15) is 18.0 Å². The highest BCUT2D eigenvalue weighted by atomic mass is 32.2. The van der Waals surface area contributed by atoms with Crippen molar-refractivity contribution < 1.29 is 22.7 Å². The van der Waals surface area contributed by atoms with Gasteiger partial charge in [0.2, 0.25) is 5.91 Å². The van der Waals surface area contributed by atoms with E-state index in [-0.39, 0.29) is 27.8 Å². The molecule has 0 radical (unpaired) electrons. The van der Waals surface area contributed by atoms with Gasteiger partial charge in [-0.2, -0.15) is 0 Å². The fraction of sp³-hybridized carbons (Fsp3) is 0.167. The first kappa shape index (κ1) is 25.1. The average molecular weight is 500 g/mol. The molecule has 0 atom stereocenters. The number of nitrogens with one attached hydrogen (secondary N) is 3. The fourth-order valence-corrected chi connectivity index (χ4v) is 5.02. The highest BCUT2D eigenvalue weighted by Gasteiger charge is 2.18. The zero-order valence-corrected chi connectivity index (χ0v) is 20.5. The molecule has 3 N–H and O–H groups in total. The lowest BCUT2D eigenvalue weighted by atomic mass is 10.2. The number of carbonyl (C=O) groups excluding carboxylic acids is 2. The van der Waals surface area contributed by atoms with Crippen molar-refractivity contribution in [3.05, 3.63) is 83.4 Å². The number of methoxy groups -OCH3 is 1. The minimum absolute atomic E-state index is 0.0744. The number of amides is 2. The number of aryl methyl sites for hydroxylation is 2. The molecule has 10 heteroatoms. The van der Waals surface area contributed by atoms with E-state index in [1.54, 1.807) is 24.3 Å². The van der Waals surface area contributed by atoms with Gasteiger partial charge in [0.05, 0.1) is 23.4 Å². The van der Waals surface area contributed by atoms with Crippen molar-refractivity contribution in [2.24, 2.45) is 0 Å². The number of para-hydroxylation sites is 2. The molecule has 3 rings (SSSR count). The zero-order chi connectivity index (χ0) is 24.7. The van der Waals surface area contributed by atoms with Crippen molar-refractivity contribution in [2.75, 3.05) is 17.6 Å². The number of rotatable bonds is 8. The first-order valence-corrected chi connectivity index (χ1v) is 12.7. The molecule has 0 bridgehead atoms.